The molecule has 3 heterocycles. The van der Waals surface area contributed by atoms with Crippen LogP contribution in [0.15, 0.2) is 182 Å². The van der Waals surface area contributed by atoms with Crippen LogP contribution in [0.25, 0.3) is 11.1 Å². The maximum atomic E-state index is 2.64. The average Bonchev–Trinajstić information content (AvgIpc) is 3.49. The summed E-state index contributed by atoms with van der Waals surface area (Å²) in [5, 5.41) is 5.72. The Hall–Kier alpha value is -6.36. The standard InChI is InChI=1S/C55H45BN2Si/c1-54(2,3)36-30-32-37(33-31-36)57-47-26-17-27-48-52(47)56(45-35-43-41(34-49(45)57)40-22-12-13-23-42(40)55(43,4)5)44-24-16-29-51-53(44)58(48)46-25-14-15-28-50(46)59(51,38-18-8-6-9-19-38)39-20-10-7-11-21-39/h6-35H,1-5H3. The summed E-state index contributed by atoms with van der Waals surface area (Å²) in [6.07, 6.45) is 0. The van der Waals surface area contributed by atoms with Crippen LogP contribution in [-0.4, -0.2) is 14.8 Å². The van der Waals surface area contributed by atoms with Crippen LogP contribution >= 0.6 is 0 Å². The zero-order chi connectivity index (χ0) is 39.8. The molecule has 4 aliphatic rings. The van der Waals surface area contributed by atoms with Gasteiger partial charge in [-0.25, -0.2) is 0 Å². The van der Waals surface area contributed by atoms with Gasteiger partial charge in [-0.15, -0.1) is 0 Å². The Labute approximate surface area is 349 Å². The number of fused-ring (bicyclic) bond motifs is 9. The van der Waals surface area contributed by atoms with Gasteiger partial charge in [0.1, 0.15) is 0 Å². The number of nitrogens with zero attached hydrogens (tertiary/aromatic N) is 2. The Balaban J connectivity index is 1.20. The highest BCUT2D eigenvalue weighted by atomic mass is 28.3. The van der Waals surface area contributed by atoms with E-state index in [9.17, 15) is 0 Å². The molecule has 0 aromatic heterocycles. The molecular formula is C55H45BN2Si. The molecular weight excluding hydrogens is 728 g/mol. The van der Waals surface area contributed by atoms with Crippen LogP contribution in [0.3, 0.4) is 0 Å². The van der Waals surface area contributed by atoms with Crippen LogP contribution in [0, 0.1) is 0 Å². The molecule has 0 saturated carbocycles. The van der Waals surface area contributed by atoms with Gasteiger partial charge in [-0.2, -0.15) is 0 Å². The highest BCUT2D eigenvalue weighted by molar-refractivity contribution is 7.22. The van der Waals surface area contributed by atoms with E-state index < -0.39 is 8.07 Å². The molecule has 8 aromatic rings. The van der Waals surface area contributed by atoms with E-state index >= 15 is 0 Å². The highest BCUT2D eigenvalue weighted by Crippen LogP contribution is 2.52. The monoisotopic (exact) mass is 772 g/mol. The second kappa shape index (κ2) is 12.1. The summed E-state index contributed by atoms with van der Waals surface area (Å²) >= 11 is 0. The van der Waals surface area contributed by atoms with Gasteiger partial charge < -0.3 is 9.80 Å². The van der Waals surface area contributed by atoms with Gasteiger partial charge >= 0.3 is 0 Å². The van der Waals surface area contributed by atoms with Crippen molar-refractivity contribution in [3.63, 3.8) is 0 Å². The lowest BCUT2D eigenvalue weighted by Crippen LogP contribution is -2.79. The second-order valence-corrected chi connectivity index (χ2v) is 22.2. The molecule has 2 nitrogen and oxygen atoms in total. The van der Waals surface area contributed by atoms with E-state index in [1.807, 2.05) is 0 Å². The van der Waals surface area contributed by atoms with Gasteiger partial charge in [-0.1, -0.05) is 180 Å². The molecule has 0 radical (unpaired) electrons. The quantitative estimate of drug-likeness (QED) is 0.166. The SMILES string of the molecule is CC(C)(C)c1ccc(N2c3cc4c(cc3B3c5cccc6c5N(c5ccccc5[Si]6(c5ccccc5)c5ccccc5)c5cccc2c53)C(C)(C)c2ccccc2-4)cc1. The number of hydrogen-bond acceptors (Lipinski definition) is 2. The van der Waals surface area contributed by atoms with E-state index in [4.69, 9.17) is 0 Å². The summed E-state index contributed by atoms with van der Waals surface area (Å²) in [5.41, 5.74) is 18.6. The maximum Gasteiger partial charge on any atom is 0.252 e. The molecule has 282 valence electrons. The van der Waals surface area contributed by atoms with Crippen LogP contribution in [-0.2, 0) is 10.8 Å². The molecule has 0 spiro atoms. The third-order valence-corrected chi connectivity index (χ3v) is 18.9. The van der Waals surface area contributed by atoms with Crippen LogP contribution in [0.1, 0.15) is 51.3 Å². The molecule has 8 aromatic carbocycles. The second-order valence-electron chi connectivity index (χ2n) is 18.5. The fourth-order valence-electron chi connectivity index (χ4n) is 11.4. The minimum absolute atomic E-state index is 0.0424. The summed E-state index contributed by atoms with van der Waals surface area (Å²) in [6.45, 7) is 11.8. The number of anilines is 6. The first-order valence-electron chi connectivity index (χ1n) is 21.1. The molecule has 4 heteroatoms. The molecule has 3 aliphatic heterocycles. The van der Waals surface area contributed by atoms with Crippen molar-refractivity contribution in [2.45, 2.75) is 45.4 Å². The first-order chi connectivity index (χ1) is 28.7. The normalized spacial score (nSPS) is 15.7. The van der Waals surface area contributed by atoms with Crippen molar-refractivity contribution in [3.8, 4) is 11.1 Å². The zero-order valence-electron chi connectivity index (χ0n) is 34.3. The lowest BCUT2D eigenvalue weighted by atomic mass is 9.33. The smallest absolute Gasteiger partial charge is 0.252 e. The van der Waals surface area contributed by atoms with Crippen molar-refractivity contribution in [2.24, 2.45) is 0 Å². The predicted molar refractivity (Wildman–Crippen MR) is 254 cm³/mol. The van der Waals surface area contributed by atoms with Gasteiger partial charge in [-0.3, -0.25) is 0 Å². The minimum Gasteiger partial charge on any atom is -0.312 e. The van der Waals surface area contributed by atoms with E-state index in [2.05, 4.69) is 226 Å². The molecule has 1 aliphatic carbocycles. The molecule has 0 amide bonds. The van der Waals surface area contributed by atoms with Gasteiger partial charge in [-0.05, 0) is 107 Å². The average molecular weight is 773 g/mol. The largest absolute Gasteiger partial charge is 0.312 e. The lowest BCUT2D eigenvalue weighted by Gasteiger charge is -2.50. The Morgan fingerprint density at radius 2 is 1.07 bits per heavy atom. The van der Waals surface area contributed by atoms with Crippen LogP contribution < -0.4 is 46.9 Å². The number of hydrogen-bond donors (Lipinski definition) is 0. The summed E-state index contributed by atoms with van der Waals surface area (Å²) in [7, 11) is -2.80. The van der Waals surface area contributed by atoms with Gasteiger partial charge in [0.05, 0.1) is 0 Å². The molecule has 0 N–H and O–H groups in total. The minimum atomic E-state index is -2.80. The maximum absolute atomic E-state index is 2.80. The van der Waals surface area contributed by atoms with Gasteiger partial charge in [0.2, 0.25) is 0 Å². The molecule has 0 bridgehead atoms. The Morgan fingerprint density at radius 1 is 0.475 bits per heavy atom. The summed E-state index contributed by atoms with van der Waals surface area (Å²) in [5.74, 6) is 0. The number of para-hydroxylation sites is 2. The van der Waals surface area contributed by atoms with Crippen molar-refractivity contribution in [3.05, 3.63) is 199 Å². The summed E-state index contributed by atoms with van der Waals surface area (Å²) in [4.78, 5) is 5.22. The Morgan fingerprint density at radius 3 is 1.78 bits per heavy atom. The van der Waals surface area contributed by atoms with Crippen molar-refractivity contribution < 1.29 is 0 Å². The zero-order valence-corrected chi connectivity index (χ0v) is 35.3. The molecule has 59 heavy (non-hydrogen) atoms. The van der Waals surface area contributed by atoms with Crippen molar-refractivity contribution >= 4 is 86.0 Å². The third kappa shape index (κ3) is 4.53. The van der Waals surface area contributed by atoms with Crippen molar-refractivity contribution in [1.29, 1.82) is 0 Å². The van der Waals surface area contributed by atoms with Crippen LogP contribution in [0.5, 0.6) is 0 Å². The first-order valence-corrected chi connectivity index (χ1v) is 23.1. The van der Waals surface area contributed by atoms with Crippen molar-refractivity contribution in [1.82, 2.24) is 0 Å². The van der Waals surface area contributed by atoms with E-state index in [0.29, 0.717) is 0 Å². The van der Waals surface area contributed by atoms with Gasteiger partial charge in [0.25, 0.3) is 6.71 Å². The summed E-state index contributed by atoms with van der Waals surface area (Å²) < 4.78 is 0. The summed E-state index contributed by atoms with van der Waals surface area (Å²) in [6, 6.07) is 70.1. The molecule has 0 saturated heterocycles. The molecule has 0 atom stereocenters. The highest BCUT2D eigenvalue weighted by Gasteiger charge is 2.53. The topological polar surface area (TPSA) is 6.48 Å². The third-order valence-electron chi connectivity index (χ3n) is 14.1. The van der Waals surface area contributed by atoms with Crippen LogP contribution in [0.2, 0.25) is 0 Å². The lowest BCUT2D eigenvalue weighted by molar-refractivity contribution is 0.590. The van der Waals surface area contributed by atoms with Gasteiger partial charge in [0.15, 0.2) is 8.07 Å². The number of benzene rings is 8. The van der Waals surface area contributed by atoms with Gasteiger partial charge in [0, 0.05) is 39.5 Å². The van der Waals surface area contributed by atoms with E-state index in [1.54, 1.807) is 0 Å². The Kier molecular flexibility index (Phi) is 7.11. The Bertz CT molecular complexity index is 2980. The first kappa shape index (κ1) is 34.7. The van der Waals surface area contributed by atoms with Crippen molar-refractivity contribution in [2.75, 3.05) is 9.80 Å². The molecule has 0 fully saturated rings. The molecule has 0 unspecified atom stereocenters. The fourth-order valence-corrected chi connectivity index (χ4v) is 16.6. The molecule has 12 rings (SSSR count). The predicted octanol–water partition coefficient (Wildman–Crippen LogP) is 9.06. The van der Waals surface area contributed by atoms with E-state index in [0.717, 1.165) is 0 Å². The van der Waals surface area contributed by atoms with E-state index in [-0.39, 0.29) is 17.5 Å². The van der Waals surface area contributed by atoms with E-state index in [1.165, 1.54) is 99.1 Å². The fraction of sp³-hybridized carbons (Fsp3) is 0.127. The number of rotatable bonds is 3. The van der Waals surface area contributed by atoms with Crippen LogP contribution in [0.4, 0.5) is 34.1 Å².